The fourth-order valence-corrected chi connectivity index (χ4v) is 2.03. The molecular formula is C15H20N4O2. The Labute approximate surface area is 124 Å². The second-order valence-electron chi connectivity index (χ2n) is 4.82. The number of nitrogens with zero attached hydrogens (tertiary/aromatic N) is 3. The van der Waals surface area contributed by atoms with Gasteiger partial charge >= 0.3 is 0 Å². The van der Waals surface area contributed by atoms with Gasteiger partial charge in [0, 0.05) is 13.7 Å². The molecule has 1 heterocycles. The molecule has 0 saturated heterocycles. The van der Waals surface area contributed by atoms with E-state index in [-0.39, 0.29) is 12.5 Å². The van der Waals surface area contributed by atoms with Crippen LogP contribution >= 0.6 is 0 Å². The van der Waals surface area contributed by atoms with E-state index in [1.807, 2.05) is 38.1 Å². The maximum atomic E-state index is 12.1. The van der Waals surface area contributed by atoms with Crippen LogP contribution in [-0.4, -0.2) is 34.6 Å². The van der Waals surface area contributed by atoms with Crippen LogP contribution in [0.3, 0.4) is 0 Å². The third-order valence-corrected chi connectivity index (χ3v) is 3.04. The first-order valence-electron chi connectivity index (χ1n) is 6.96. The molecule has 0 aliphatic heterocycles. The number of carbonyl (C=O) groups excluding carboxylic acids is 1. The molecule has 1 aromatic heterocycles. The summed E-state index contributed by atoms with van der Waals surface area (Å²) in [5.41, 5.74) is 2.94. The summed E-state index contributed by atoms with van der Waals surface area (Å²) in [4.78, 5) is 12.1. The van der Waals surface area contributed by atoms with Crippen molar-refractivity contribution in [1.29, 1.82) is 0 Å². The molecule has 0 saturated carbocycles. The number of methoxy groups -OCH3 is 1. The van der Waals surface area contributed by atoms with Crippen molar-refractivity contribution in [2.45, 2.75) is 26.9 Å². The minimum Gasteiger partial charge on any atom is -0.378 e. The van der Waals surface area contributed by atoms with E-state index in [0.29, 0.717) is 17.9 Å². The van der Waals surface area contributed by atoms with Crippen molar-refractivity contribution in [3.05, 3.63) is 41.2 Å². The third-order valence-electron chi connectivity index (χ3n) is 3.04. The minimum absolute atomic E-state index is 0.220. The Morgan fingerprint density at radius 3 is 2.90 bits per heavy atom. The van der Waals surface area contributed by atoms with E-state index in [2.05, 4.69) is 15.6 Å². The van der Waals surface area contributed by atoms with Crippen molar-refractivity contribution in [2.24, 2.45) is 0 Å². The van der Waals surface area contributed by atoms with Crippen molar-refractivity contribution in [1.82, 2.24) is 20.3 Å². The van der Waals surface area contributed by atoms with Crippen LogP contribution in [0.4, 0.5) is 0 Å². The number of nitrogens with one attached hydrogen (secondary N) is 1. The normalized spacial score (nSPS) is 10.6. The number of benzene rings is 1. The van der Waals surface area contributed by atoms with Crippen LogP contribution in [0, 0.1) is 6.92 Å². The molecule has 0 aliphatic rings. The number of hydrogen-bond donors (Lipinski definition) is 1. The standard InChI is InChI=1S/C15H20N4O2/c1-4-8-16-15(20)14-13(10-21-3)19(18-17-14)12-7-5-6-11(2)9-12/h5-7,9H,4,8,10H2,1-3H3,(H,16,20). The lowest BCUT2D eigenvalue weighted by atomic mass is 10.2. The molecule has 2 aromatic rings. The van der Waals surface area contributed by atoms with Gasteiger partial charge in [0.15, 0.2) is 5.69 Å². The number of aryl methyl sites for hydroxylation is 1. The average Bonchev–Trinajstić information content (AvgIpc) is 2.89. The van der Waals surface area contributed by atoms with E-state index in [1.165, 1.54) is 0 Å². The second-order valence-corrected chi connectivity index (χ2v) is 4.82. The molecule has 0 fully saturated rings. The van der Waals surface area contributed by atoms with Crippen LogP contribution in [0.2, 0.25) is 0 Å². The zero-order chi connectivity index (χ0) is 15.2. The predicted octanol–water partition coefficient (Wildman–Crippen LogP) is 1.86. The summed E-state index contributed by atoms with van der Waals surface area (Å²) in [6.45, 7) is 4.89. The van der Waals surface area contributed by atoms with Gasteiger partial charge in [-0.1, -0.05) is 24.3 Å². The quantitative estimate of drug-likeness (QED) is 0.881. The third kappa shape index (κ3) is 3.46. The molecular weight excluding hydrogens is 268 g/mol. The van der Waals surface area contributed by atoms with Crippen LogP contribution in [0.5, 0.6) is 0 Å². The molecule has 112 valence electrons. The molecule has 0 atom stereocenters. The minimum atomic E-state index is -0.220. The van der Waals surface area contributed by atoms with Gasteiger partial charge in [-0.25, -0.2) is 4.68 Å². The fourth-order valence-electron chi connectivity index (χ4n) is 2.03. The highest BCUT2D eigenvalue weighted by Gasteiger charge is 2.20. The number of carbonyl (C=O) groups is 1. The van der Waals surface area contributed by atoms with Crippen molar-refractivity contribution in [3.63, 3.8) is 0 Å². The number of hydrogen-bond acceptors (Lipinski definition) is 4. The zero-order valence-electron chi connectivity index (χ0n) is 12.6. The van der Waals surface area contributed by atoms with E-state index in [4.69, 9.17) is 4.74 Å². The summed E-state index contributed by atoms with van der Waals surface area (Å²) < 4.78 is 6.84. The SMILES string of the molecule is CCCNC(=O)c1nnn(-c2cccc(C)c2)c1COC. The van der Waals surface area contributed by atoms with E-state index in [0.717, 1.165) is 17.7 Å². The largest absolute Gasteiger partial charge is 0.378 e. The van der Waals surface area contributed by atoms with Gasteiger partial charge in [-0.05, 0) is 31.0 Å². The maximum absolute atomic E-state index is 12.1. The molecule has 1 aromatic carbocycles. The molecule has 6 nitrogen and oxygen atoms in total. The van der Waals surface area contributed by atoms with E-state index < -0.39 is 0 Å². The first-order chi connectivity index (χ1) is 10.2. The summed E-state index contributed by atoms with van der Waals surface area (Å²) in [6, 6.07) is 7.86. The smallest absolute Gasteiger partial charge is 0.273 e. The fraction of sp³-hybridized carbons (Fsp3) is 0.400. The van der Waals surface area contributed by atoms with Crippen molar-refractivity contribution < 1.29 is 9.53 Å². The monoisotopic (exact) mass is 288 g/mol. The molecule has 6 heteroatoms. The Morgan fingerprint density at radius 1 is 1.43 bits per heavy atom. The van der Waals surface area contributed by atoms with Crippen molar-refractivity contribution in [2.75, 3.05) is 13.7 Å². The Morgan fingerprint density at radius 2 is 2.24 bits per heavy atom. The van der Waals surface area contributed by atoms with Gasteiger partial charge in [-0.3, -0.25) is 4.79 Å². The predicted molar refractivity (Wildman–Crippen MR) is 79.4 cm³/mol. The highest BCUT2D eigenvalue weighted by molar-refractivity contribution is 5.93. The molecule has 21 heavy (non-hydrogen) atoms. The molecule has 1 amide bonds. The Balaban J connectivity index is 2.39. The molecule has 0 radical (unpaired) electrons. The highest BCUT2D eigenvalue weighted by Crippen LogP contribution is 2.15. The van der Waals surface area contributed by atoms with Crippen LogP contribution in [-0.2, 0) is 11.3 Å². The van der Waals surface area contributed by atoms with Crippen LogP contribution in [0.1, 0.15) is 35.1 Å². The van der Waals surface area contributed by atoms with Crippen LogP contribution in [0.15, 0.2) is 24.3 Å². The Hall–Kier alpha value is -2.21. The first-order valence-corrected chi connectivity index (χ1v) is 6.96. The molecule has 0 spiro atoms. The Bertz CT molecular complexity index is 622. The van der Waals surface area contributed by atoms with E-state index in [1.54, 1.807) is 11.8 Å². The molecule has 0 bridgehead atoms. The summed E-state index contributed by atoms with van der Waals surface area (Å²) in [5.74, 6) is -0.220. The van der Waals surface area contributed by atoms with Gasteiger partial charge in [0.1, 0.15) is 5.69 Å². The highest BCUT2D eigenvalue weighted by atomic mass is 16.5. The topological polar surface area (TPSA) is 69.0 Å². The van der Waals surface area contributed by atoms with Gasteiger partial charge in [0.05, 0.1) is 12.3 Å². The van der Waals surface area contributed by atoms with Gasteiger partial charge < -0.3 is 10.1 Å². The number of rotatable bonds is 6. The van der Waals surface area contributed by atoms with Crippen molar-refractivity contribution >= 4 is 5.91 Å². The summed E-state index contributed by atoms with van der Waals surface area (Å²) >= 11 is 0. The number of ether oxygens (including phenoxy) is 1. The number of aromatic nitrogens is 3. The van der Waals surface area contributed by atoms with Crippen molar-refractivity contribution in [3.8, 4) is 5.69 Å². The lowest BCUT2D eigenvalue weighted by Crippen LogP contribution is -2.25. The number of amides is 1. The van der Waals surface area contributed by atoms with Crippen LogP contribution in [0.25, 0.3) is 5.69 Å². The van der Waals surface area contributed by atoms with Gasteiger partial charge in [0.2, 0.25) is 0 Å². The van der Waals surface area contributed by atoms with Gasteiger partial charge in [0.25, 0.3) is 5.91 Å². The average molecular weight is 288 g/mol. The summed E-state index contributed by atoms with van der Waals surface area (Å²) in [7, 11) is 1.58. The second kappa shape index (κ2) is 6.99. The lowest BCUT2D eigenvalue weighted by molar-refractivity contribution is 0.0943. The summed E-state index contributed by atoms with van der Waals surface area (Å²) in [5, 5.41) is 10.9. The Kier molecular flexibility index (Phi) is 5.05. The van der Waals surface area contributed by atoms with Gasteiger partial charge in [-0.2, -0.15) is 0 Å². The molecule has 0 unspecified atom stereocenters. The molecule has 2 rings (SSSR count). The van der Waals surface area contributed by atoms with E-state index in [9.17, 15) is 4.79 Å². The maximum Gasteiger partial charge on any atom is 0.273 e. The van der Waals surface area contributed by atoms with E-state index >= 15 is 0 Å². The summed E-state index contributed by atoms with van der Waals surface area (Å²) in [6.07, 6.45) is 0.872. The lowest BCUT2D eigenvalue weighted by Gasteiger charge is -2.08. The molecule has 0 aliphatic carbocycles. The molecule has 1 N–H and O–H groups in total. The van der Waals surface area contributed by atoms with Gasteiger partial charge in [-0.15, -0.1) is 5.10 Å². The zero-order valence-corrected chi connectivity index (χ0v) is 12.6. The first kappa shape index (κ1) is 15.2. The van der Waals surface area contributed by atoms with Crippen LogP contribution < -0.4 is 5.32 Å².